The number of rotatable bonds is 6. The van der Waals surface area contributed by atoms with Crippen molar-refractivity contribution in [1.82, 2.24) is 20.3 Å². The fraction of sp³-hybridized carbons (Fsp3) is 0.438. The minimum atomic E-state index is -1.11. The average Bonchev–Trinajstić information content (AvgIpc) is 2.58. The van der Waals surface area contributed by atoms with Crippen molar-refractivity contribution in [1.29, 1.82) is 0 Å². The molecule has 24 heavy (non-hydrogen) atoms. The SMILES string of the molecule is CC[C@H](C)[C@H](NC(=O)[C@H](C)n1nnc2ccccc2c1=O)C(=O)O. The minimum absolute atomic E-state index is 0.238. The zero-order chi connectivity index (χ0) is 17.9. The third-order valence-electron chi connectivity index (χ3n) is 4.11. The summed E-state index contributed by atoms with van der Waals surface area (Å²) < 4.78 is 0.965. The Morgan fingerprint density at radius 3 is 2.58 bits per heavy atom. The molecule has 3 atom stereocenters. The van der Waals surface area contributed by atoms with Crippen LogP contribution in [-0.2, 0) is 9.59 Å². The van der Waals surface area contributed by atoms with Crippen molar-refractivity contribution in [2.45, 2.75) is 39.3 Å². The van der Waals surface area contributed by atoms with Crippen molar-refractivity contribution < 1.29 is 14.7 Å². The number of carbonyl (C=O) groups excluding carboxylic acids is 1. The van der Waals surface area contributed by atoms with E-state index < -0.39 is 29.5 Å². The minimum Gasteiger partial charge on any atom is -0.480 e. The molecule has 8 heteroatoms. The lowest BCUT2D eigenvalue weighted by molar-refractivity contribution is -0.143. The molecule has 0 spiro atoms. The summed E-state index contributed by atoms with van der Waals surface area (Å²) in [6.07, 6.45) is 0.599. The molecule has 0 aliphatic heterocycles. The number of hydrogen-bond donors (Lipinski definition) is 2. The van der Waals surface area contributed by atoms with Crippen LogP contribution in [0.3, 0.4) is 0 Å². The first kappa shape index (κ1) is 17.6. The molecule has 0 fully saturated rings. The van der Waals surface area contributed by atoms with Crippen LogP contribution in [-0.4, -0.2) is 38.0 Å². The summed E-state index contributed by atoms with van der Waals surface area (Å²) in [5, 5.41) is 19.8. The van der Waals surface area contributed by atoms with Gasteiger partial charge in [0.25, 0.3) is 5.56 Å². The molecule has 0 aliphatic carbocycles. The molecular formula is C16H20N4O4. The molecule has 1 aromatic heterocycles. The smallest absolute Gasteiger partial charge is 0.326 e. The van der Waals surface area contributed by atoms with E-state index in [-0.39, 0.29) is 5.92 Å². The first-order valence-electron chi connectivity index (χ1n) is 7.74. The van der Waals surface area contributed by atoms with E-state index in [4.69, 9.17) is 0 Å². The van der Waals surface area contributed by atoms with Gasteiger partial charge in [-0.15, -0.1) is 5.10 Å². The molecule has 0 saturated carbocycles. The van der Waals surface area contributed by atoms with Crippen LogP contribution in [0.4, 0.5) is 0 Å². The molecule has 2 aromatic rings. The molecule has 0 bridgehead atoms. The van der Waals surface area contributed by atoms with E-state index in [2.05, 4.69) is 15.6 Å². The Hall–Kier alpha value is -2.77. The van der Waals surface area contributed by atoms with E-state index in [0.717, 1.165) is 4.68 Å². The van der Waals surface area contributed by atoms with Crippen molar-refractivity contribution >= 4 is 22.8 Å². The van der Waals surface area contributed by atoms with Crippen LogP contribution in [0.5, 0.6) is 0 Å². The molecule has 1 heterocycles. The highest BCUT2D eigenvalue weighted by Crippen LogP contribution is 2.11. The quantitative estimate of drug-likeness (QED) is 0.814. The lowest BCUT2D eigenvalue weighted by atomic mass is 9.99. The number of aromatic nitrogens is 3. The van der Waals surface area contributed by atoms with Crippen LogP contribution < -0.4 is 10.9 Å². The first-order valence-corrected chi connectivity index (χ1v) is 7.74. The van der Waals surface area contributed by atoms with Crippen LogP contribution in [0, 0.1) is 5.92 Å². The first-order chi connectivity index (χ1) is 11.4. The van der Waals surface area contributed by atoms with Crippen LogP contribution >= 0.6 is 0 Å². The van der Waals surface area contributed by atoms with E-state index >= 15 is 0 Å². The normalized spacial score (nSPS) is 14.8. The van der Waals surface area contributed by atoms with Gasteiger partial charge in [-0.3, -0.25) is 9.59 Å². The number of nitrogens with one attached hydrogen (secondary N) is 1. The Morgan fingerprint density at radius 1 is 1.29 bits per heavy atom. The molecule has 0 unspecified atom stereocenters. The number of hydrogen-bond acceptors (Lipinski definition) is 5. The average molecular weight is 332 g/mol. The molecule has 128 valence electrons. The third kappa shape index (κ3) is 3.42. The molecule has 0 radical (unpaired) electrons. The third-order valence-corrected chi connectivity index (χ3v) is 4.11. The fourth-order valence-corrected chi connectivity index (χ4v) is 2.32. The summed E-state index contributed by atoms with van der Waals surface area (Å²) in [6.45, 7) is 5.07. The number of aliphatic carboxylic acids is 1. The Bertz CT molecular complexity index is 817. The summed E-state index contributed by atoms with van der Waals surface area (Å²) in [5.74, 6) is -1.94. The van der Waals surface area contributed by atoms with Crippen molar-refractivity contribution in [3.63, 3.8) is 0 Å². The highest BCUT2D eigenvalue weighted by molar-refractivity contribution is 5.86. The van der Waals surface area contributed by atoms with Gasteiger partial charge in [0.1, 0.15) is 17.6 Å². The maximum atomic E-state index is 12.4. The number of benzene rings is 1. The Balaban J connectivity index is 2.29. The van der Waals surface area contributed by atoms with Gasteiger partial charge in [-0.25, -0.2) is 4.79 Å². The van der Waals surface area contributed by atoms with Gasteiger partial charge in [0.05, 0.1) is 5.39 Å². The zero-order valence-corrected chi connectivity index (χ0v) is 13.8. The number of amides is 1. The molecule has 1 amide bonds. The Labute approximate surface area is 138 Å². The van der Waals surface area contributed by atoms with Crippen molar-refractivity contribution in [3.05, 3.63) is 34.6 Å². The van der Waals surface area contributed by atoms with Gasteiger partial charge in [-0.05, 0) is 25.0 Å². The van der Waals surface area contributed by atoms with E-state index in [1.807, 2.05) is 6.92 Å². The predicted molar refractivity (Wildman–Crippen MR) is 87.5 cm³/mol. The second-order valence-electron chi connectivity index (χ2n) is 5.74. The summed E-state index contributed by atoms with van der Waals surface area (Å²) >= 11 is 0. The summed E-state index contributed by atoms with van der Waals surface area (Å²) in [5.41, 5.74) is -0.00644. The number of carboxylic acid groups (broad SMARTS) is 1. The van der Waals surface area contributed by atoms with Gasteiger partial charge in [0.15, 0.2) is 0 Å². The monoisotopic (exact) mass is 332 g/mol. The van der Waals surface area contributed by atoms with Gasteiger partial charge in [-0.1, -0.05) is 37.6 Å². The van der Waals surface area contributed by atoms with Gasteiger partial charge >= 0.3 is 5.97 Å². The molecule has 0 saturated heterocycles. The van der Waals surface area contributed by atoms with Crippen LogP contribution in [0.2, 0.25) is 0 Å². The van der Waals surface area contributed by atoms with E-state index in [1.165, 1.54) is 6.92 Å². The van der Waals surface area contributed by atoms with Crippen LogP contribution in [0.25, 0.3) is 10.9 Å². The number of fused-ring (bicyclic) bond motifs is 1. The van der Waals surface area contributed by atoms with Crippen molar-refractivity contribution in [3.8, 4) is 0 Å². The second kappa shape index (κ2) is 7.20. The van der Waals surface area contributed by atoms with Crippen LogP contribution in [0.15, 0.2) is 29.1 Å². The summed E-state index contributed by atoms with van der Waals surface area (Å²) in [4.78, 5) is 36.1. The Kier molecular flexibility index (Phi) is 5.28. The highest BCUT2D eigenvalue weighted by atomic mass is 16.4. The van der Waals surface area contributed by atoms with Gasteiger partial charge in [0, 0.05) is 0 Å². The molecule has 8 nitrogen and oxygen atoms in total. The number of nitrogens with zero attached hydrogens (tertiary/aromatic N) is 3. The molecule has 0 aliphatic rings. The van der Waals surface area contributed by atoms with Gasteiger partial charge < -0.3 is 10.4 Å². The fourth-order valence-electron chi connectivity index (χ4n) is 2.32. The van der Waals surface area contributed by atoms with E-state index in [1.54, 1.807) is 31.2 Å². The lowest BCUT2D eigenvalue weighted by Gasteiger charge is -2.22. The van der Waals surface area contributed by atoms with E-state index in [0.29, 0.717) is 17.3 Å². The maximum Gasteiger partial charge on any atom is 0.326 e. The predicted octanol–water partition coefficient (Wildman–Crippen LogP) is 0.968. The topological polar surface area (TPSA) is 114 Å². The largest absolute Gasteiger partial charge is 0.480 e. The van der Waals surface area contributed by atoms with E-state index in [9.17, 15) is 19.5 Å². The molecule has 1 aromatic carbocycles. The standard InChI is InChI=1S/C16H20N4O4/c1-4-9(2)13(16(23)24)17-14(21)10(3)20-15(22)11-7-5-6-8-12(11)18-19-20/h5-10,13H,4H2,1-3H3,(H,17,21)(H,23,24)/t9-,10-,13-/m0/s1. The zero-order valence-electron chi connectivity index (χ0n) is 13.8. The van der Waals surface area contributed by atoms with Gasteiger partial charge in [0.2, 0.25) is 5.91 Å². The maximum absolute atomic E-state index is 12.4. The van der Waals surface area contributed by atoms with Crippen LogP contribution in [0.1, 0.15) is 33.2 Å². The molecule has 2 N–H and O–H groups in total. The summed E-state index contributed by atoms with van der Waals surface area (Å²) in [6, 6.07) is 4.70. The molecular weight excluding hydrogens is 312 g/mol. The number of carbonyl (C=O) groups is 2. The second-order valence-corrected chi connectivity index (χ2v) is 5.74. The summed E-state index contributed by atoms with van der Waals surface area (Å²) in [7, 11) is 0. The highest BCUT2D eigenvalue weighted by Gasteiger charge is 2.28. The number of carboxylic acids is 1. The van der Waals surface area contributed by atoms with Gasteiger partial charge in [-0.2, -0.15) is 4.68 Å². The molecule has 2 rings (SSSR count). The lowest BCUT2D eigenvalue weighted by Crippen LogP contribution is -2.48. The van der Waals surface area contributed by atoms with Crippen molar-refractivity contribution in [2.24, 2.45) is 5.92 Å². The van der Waals surface area contributed by atoms with Crippen molar-refractivity contribution in [2.75, 3.05) is 0 Å². The Morgan fingerprint density at radius 2 is 1.96 bits per heavy atom.